The molecule has 3 amide bonds. The third kappa shape index (κ3) is 7.02. The molecule has 0 aliphatic carbocycles. The Hall–Kier alpha value is -4.33. The van der Waals surface area contributed by atoms with E-state index in [0.717, 1.165) is 57.4 Å². The zero-order valence-electron chi connectivity index (χ0n) is 27.1. The molecule has 2 unspecified atom stereocenters. The zero-order chi connectivity index (χ0) is 32.3. The van der Waals surface area contributed by atoms with Gasteiger partial charge in [-0.15, -0.1) is 0 Å². The van der Waals surface area contributed by atoms with Crippen molar-refractivity contribution in [3.63, 3.8) is 0 Å². The molecule has 248 valence electrons. The van der Waals surface area contributed by atoms with Crippen LogP contribution >= 0.6 is 0 Å². The maximum absolute atomic E-state index is 13.0. The molecule has 4 aliphatic heterocycles. The second kappa shape index (κ2) is 13.8. The van der Waals surface area contributed by atoms with Crippen LogP contribution in [-0.4, -0.2) is 122 Å². The Kier molecular flexibility index (Phi) is 9.18. The number of piperidine rings is 1. The number of fused-ring (bicyclic) bond motifs is 2. The van der Waals surface area contributed by atoms with Crippen molar-refractivity contribution in [2.24, 2.45) is 0 Å². The Morgan fingerprint density at radius 1 is 0.745 bits per heavy atom. The highest BCUT2D eigenvalue weighted by Gasteiger charge is 2.39. The summed E-state index contributed by atoms with van der Waals surface area (Å²) >= 11 is 0. The number of likely N-dealkylation sites (tertiary alicyclic amines) is 1. The monoisotopic (exact) mass is 641 g/mol. The quantitative estimate of drug-likeness (QED) is 0.395. The standard InChI is InChI=1S/C34H43N9O4/c1-40(2)27-13-15-41(16-14-27)31(44)24-5-9-26(10-6-24)36-34(45)35-25-7-3-23(4-8-25)30-37-32(42-17-19-46-20-18-42)39-33(38-30)43-28-11-12-29(43)22-47-21-28/h3-10,27-29H,11-22H2,1-2H3,(H2,35,36,45). The van der Waals surface area contributed by atoms with E-state index >= 15 is 0 Å². The number of benzene rings is 2. The number of nitrogens with one attached hydrogen (secondary N) is 2. The molecular formula is C34H43N9O4. The van der Waals surface area contributed by atoms with Crippen LogP contribution in [0.1, 0.15) is 36.0 Å². The molecule has 4 aliphatic rings. The molecule has 47 heavy (non-hydrogen) atoms. The smallest absolute Gasteiger partial charge is 0.323 e. The van der Waals surface area contributed by atoms with Gasteiger partial charge in [-0.25, -0.2) is 4.79 Å². The lowest BCUT2D eigenvalue weighted by atomic mass is 10.0. The van der Waals surface area contributed by atoms with Crippen molar-refractivity contribution in [1.82, 2.24) is 24.8 Å². The van der Waals surface area contributed by atoms with Crippen molar-refractivity contribution in [3.05, 3.63) is 54.1 Å². The summed E-state index contributed by atoms with van der Waals surface area (Å²) in [4.78, 5) is 49.1. The lowest BCUT2D eigenvalue weighted by Gasteiger charge is -2.35. The van der Waals surface area contributed by atoms with E-state index in [4.69, 9.17) is 24.4 Å². The number of amides is 3. The minimum Gasteiger partial charge on any atom is -0.378 e. The van der Waals surface area contributed by atoms with Gasteiger partial charge in [0.1, 0.15) is 0 Å². The summed E-state index contributed by atoms with van der Waals surface area (Å²) < 4.78 is 11.4. The Morgan fingerprint density at radius 3 is 1.96 bits per heavy atom. The second-order valence-electron chi connectivity index (χ2n) is 12.9. The summed E-state index contributed by atoms with van der Waals surface area (Å²) in [5.41, 5.74) is 2.69. The van der Waals surface area contributed by atoms with Crippen LogP contribution in [-0.2, 0) is 9.47 Å². The number of urea groups is 1. The van der Waals surface area contributed by atoms with Gasteiger partial charge in [0.25, 0.3) is 5.91 Å². The first-order valence-corrected chi connectivity index (χ1v) is 16.6. The fraction of sp³-hybridized carbons (Fsp3) is 0.500. The Balaban J connectivity index is 0.997. The number of carbonyl (C=O) groups excluding carboxylic acids is 2. The molecule has 2 N–H and O–H groups in total. The van der Waals surface area contributed by atoms with Gasteiger partial charge in [0.05, 0.1) is 38.5 Å². The molecule has 0 saturated carbocycles. The normalized spacial score (nSPS) is 21.6. The Morgan fingerprint density at radius 2 is 1.34 bits per heavy atom. The topological polar surface area (TPSA) is 128 Å². The number of hydrogen-bond donors (Lipinski definition) is 2. The van der Waals surface area contributed by atoms with E-state index in [9.17, 15) is 9.59 Å². The van der Waals surface area contributed by atoms with Crippen LogP contribution in [0.4, 0.5) is 28.1 Å². The van der Waals surface area contributed by atoms with Gasteiger partial charge in [0, 0.05) is 54.7 Å². The molecule has 2 atom stereocenters. The highest BCUT2D eigenvalue weighted by molar-refractivity contribution is 6.00. The van der Waals surface area contributed by atoms with E-state index in [1.807, 2.05) is 29.2 Å². The van der Waals surface area contributed by atoms with Crippen molar-refractivity contribution in [2.75, 3.05) is 87.1 Å². The first-order chi connectivity index (χ1) is 22.9. The lowest BCUT2D eigenvalue weighted by Crippen LogP contribution is -2.47. The van der Waals surface area contributed by atoms with Crippen molar-refractivity contribution in [2.45, 2.75) is 43.8 Å². The van der Waals surface area contributed by atoms with Crippen molar-refractivity contribution in [3.8, 4) is 11.4 Å². The van der Waals surface area contributed by atoms with Gasteiger partial charge >= 0.3 is 6.03 Å². The maximum atomic E-state index is 13.0. The minimum absolute atomic E-state index is 0.0259. The van der Waals surface area contributed by atoms with Crippen LogP contribution < -0.4 is 20.4 Å². The molecule has 1 aromatic heterocycles. The minimum atomic E-state index is -0.373. The number of nitrogens with zero attached hydrogens (tertiary/aromatic N) is 7. The van der Waals surface area contributed by atoms with E-state index in [0.29, 0.717) is 67.1 Å². The summed E-state index contributed by atoms with van der Waals surface area (Å²) in [7, 11) is 4.17. The van der Waals surface area contributed by atoms with E-state index in [1.165, 1.54) is 0 Å². The molecule has 13 heteroatoms. The molecule has 2 bridgehead atoms. The van der Waals surface area contributed by atoms with Crippen molar-refractivity contribution < 1.29 is 19.1 Å². The Labute approximate surface area is 275 Å². The third-order valence-electron chi connectivity index (χ3n) is 9.65. The first kappa shape index (κ1) is 31.3. The fourth-order valence-corrected chi connectivity index (χ4v) is 6.92. The molecule has 5 heterocycles. The predicted octanol–water partition coefficient (Wildman–Crippen LogP) is 3.55. The van der Waals surface area contributed by atoms with Gasteiger partial charge < -0.3 is 39.7 Å². The molecule has 0 spiro atoms. The van der Waals surface area contributed by atoms with Crippen molar-refractivity contribution in [1.29, 1.82) is 0 Å². The number of morpholine rings is 2. The van der Waals surface area contributed by atoms with Gasteiger partial charge in [-0.3, -0.25) is 4.79 Å². The maximum Gasteiger partial charge on any atom is 0.323 e. The van der Waals surface area contributed by atoms with Crippen LogP contribution in [0.3, 0.4) is 0 Å². The molecule has 7 rings (SSSR count). The summed E-state index contributed by atoms with van der Waals surface area (Å²) in [5.74, 6) is 1.96. The number of rotatable bonds is 7. The SMILES string of the molecule is CN(C)C1CCN(C(=O)c2ccc(NC(=O)Nc3ccc(-c4nc(N5CCOCC5)nc(N5C6CCC5COC6)n4)cc3)cc2)CC1. The van der Waals surface area contributed by atoms with Crippen LogP contribution in [0.15, 0.2) is 48.5 Å². The van der Waals surface area contributed by atoms with Crippen LogP contribution in [0.5, 0.6) is 0 Å². The van der Waals surface area contributed by atoms with Gasteiger partial charge in [-0.1, -0.05) is 0 Å². The molecule has 4 fully saturated rings. The van der Waals surface area contributed by atoms with Gasteiger partial charge in [0.15, 0.2) is 5.82 Å². The summed E-state index contributed by atoms with van der Waals surface area (Å²) in [6, 6.07) is 15.2. The molecular weight excluding hydrogens is 598 g/mol. The van der Waals surface area contributed by atoms with Crippen LogP contribution in [0.25, 0.3) is 11.4 Å². The lowest BCUT2D eigenvalue weighted by molar-refractivity contribution is 0.0663. The van der Waals surface area contributed by atoms with Gasteiger partial charge in [0.2, 0.25) is 11.9 Å². The summed E-state index contributed by atoms with van der Waals surface area (Å²) in [6.07, 6.45) is 4.08. The molecule has 3 aromatic rings. The Bertz CT molecular complexity index is 1540. The van der Waals surface area contributed by atoms with E-state index in [2.05, 4.69) is 39.4 Å². The number of aromatic nitrogens is 3. The number of ether oxygens (including phenoxy) is 2. The van der Waals surface area contributed by atoms with Crippen molar-refractivity contribution >= 4 is 35.2 Å². The van der Waals surface area contributed by atoms with Gasteiger partial charge in [-0.05, 0) is 88.3 Å². The molecule has 0 radical (unpaired) electrons. The highest BCUT2D eigenvalue weighted by Crippen LogP contribution is 2.34. The average Bonchev–Trinajstić information content (AvgIpc) is 3.36. The third-order valence-corrected chi connectivity index (χ3v) is 9.65. The van der Waals surface area contributed by atoms with Crippen LogP contribution in [0.2, 0.25) is 0 Å². The number of hydrogen-bond acceptors (Lipinski definition) is 10. The highest BCUT2D eigenvalue weighted by atomic mass is 16.5. The number of anilines is 4. The van der Waals surface area contributed by atoms with Crippen LogP contribution in [0, 0.1) is 0 Å². The molecule has 2 aromatic carbocycles. The number of carbonyl (C=O) groups is 2. The second-order valence-corrected chi connectivity index (χ2v) is 12.9. The average molecular weight is 642 g/mol. The van der Waals surface area contributed by atoms with E-state index in [1.54, 1.807) is 24.3 Å². The molecule has 13 nitrogen and oxygen atoms in total. The largest absolute Gasteiger partial charge is 0.378 e. The summed E-state index contributed by atoms with van der Waals surface area (Å²) in [6.45, 7) is 5.61. The zero-order valence-corrected chi connectivity index (χ0v) is 27.1. The first-order valence-electron chi connectivity index (χ1n) is 16.6. The molecule has 4 saturated heterocycles. The van der Waals surface area contributed by atoms with Gasteiger partial charge in [-0.2, -0.15) is 15.0 Å². The van der Waals surface area contributed by atoms with E-state index < -0.39 is 0 Å². The fourth-order valence-electron chi connectivity index (χ4n) is 6.92. The summed E-state index contributed by atoms with van der Waals surface area (Å²) in [5, 5.41) is 5.75. The predicted molar refractivity (Wildman–Crippen MR) is 180 cm³/mol. The van der Waals surface area contributed by atoms with E-state index in [-0.39, 0.29) is 24.0 Å².